The normalized spacial score (nSPS) is 11.6. The SMILES string of the molecule is CCCn1cc(S(=O)(=O)Nc2ccccc2CCl)nc1C. The Balaban J connectivity index is 2.32. The number of nitrogens with zero attached hydrogens (tertiary/aromatic N) is 2. The van der Waals surface area contributed by atoms with Gasteiger partial charge in [0.15, 0.2) is 5.03 Å². The first-order chi connectivity index (χ1) is 9.97. The zero-order valence-electron chi connectivity index (χ0n) is 12.0. The van der Waals surface area contributed by atoms with Gasteiger partial charge in [-0.1, -0.05) is 25.1 Å². The minimum absolute atomic E-state index is 0.0258. The zero-order chi connectivity index (χ0) is 15.5. The van der Waals surface area contributed by atoms with Gasteiger partial charge in [-0.2, -0.15) is 8.42 Å². The fourth-order valence-electron chi connectivity index (χ4n) is 2.01. The van der Waals surface area contributed by atoms with Gasteiger partial charge >= 0.3 is 0 Å². The Kier molecular flexibility index (Phi) is 4.90. The molecule has 0 saturated heterocycles. The Bertz CT molecular complexity index is 726. The number of alkyl halides is 1. The van der Waals surface area contributed by atoms with Crippen LogP contribution in [0, 0.1) is 6.92 Å². The summed E-state index contributed by atoms with van der Waals surface area (Å²) in [4.78, 5) is 4.13. The summed E-state index contributed by atoms with van der Waals surface area (Å²) < 4.78 is 29.2. The van der Waals surface area contributed by atoms with Crippen LogP contribution >= 0.6 is 11.6 Å². The summed E-state index contributed by atoms with van der Waals surface area (Å²) in [5.74, 6) is 0.921. The summed E-state index contributed by atoms with van der Waals surface area (Å²) in [6, 6.07) is 7.04. The number of halogens is 1. The number of hydrogen-bond acceptors (Lipinski definition) is 3. The second-order valence-corrected chi connectivity index (χ2v) is 6.61. The molecule has 0 aliphatic heterocycles. The van der Waals surface area contributed by atoms with Gasteiger partial charge in [0, 0.05) is 18.6 Å². The molecular formula is C14H18ClN3O2S. The van der Waals surface area contributed by atoms with E-state index in [-0.39, 0.29) is 10.9 Å². The summed E-state index contributed by atoms with van der Waals surface area (Å²) in [5.41, 5.74) is 1.21. The Labute approximate surface area is 130 Å². The lowest BCUT2D eigenvalue weighted by Crippen LogP contribution is -2.14. The second-order valence-electron chi connectivity index (χ2n) is 4.72. The average Bonchev–Trinajstić information content (AvgIpc) is 2.82. The van der Waals surface area contributed by atoms with E-state index in [2.05, 4.69) is 9.71 Å². The van der Waals surface area contributed by atoms with E-state index in [0.717, 1.165) is 18.5 Å². The van der Waals surface area contributed by atoms with Crippen molar-refractivity contribution in [2.75, 3.05) is 4.72 Å². The Morgan fingerprint density at radius 3 is 2.71 bits per heavy atom. The van der Waals surface area contributed by atoms with E-state index in [4.69, 9.17) is 11.6 Å². The molecule has 7 heteroatoms. The van der Waals surface area contributed by atoms with Gasteiger partial charge in [-0.3, -0.25) is 4.72 Å². The minimum atomic E-state index is -3.71. The number of aryl methyl sites for hydroxylation is 2. The topological polar surface area (TPSA) is 64.0 Å². The molecule has 2 aromatic rings. The Morgan fingerprint density at radius 2 is 2.05 bits per heavy atom. The molecule has 0 atom stereocenters. The first-order valence-electron chi connectivity index (χ1n) is 6.68. The van der Waals surface area contributed by atoms with Gasteiger partial charge in [-0.15, -0.1) is 11.6 Å². The standard InChI is InChI=1S/C14H18ClN3O2S/c1-3-8-18-10-14(16-11(18)2)21(19,20)17-13-7-5-4-6-12(13)9-15/h4-7,10,17H,3,8-9H2,1-2H3. The van der Waals surface area contributed by atoms with Gasteiger partial charge in [0.25, 0.3) is 10.0 Å². The number of imidazole rings is 1. The maximum Gasteiger partial charge on any atom is 0.280 e. The molecule has 0 saturated carbocycles. The van der Waals surface area contributed by atoms with Crippen molar-refractivity contribution in [2.24, 2.45) is 0 Å². The Morgan fingerprint density at radius 1 is 1.33 bits per heavy atom. The Hall–Kier alpha value is -1.53. The largest absolute Gasteiger partial charge is 0.334 e. The molecular weight excluding hydrogens is 310 g/mol. The fourth-order valence-corrected chi connectivity index (χ4v) is 3.35. The fraction of sp³-hybridized carbons (Fsp3) is 0.357. The average molecular weight is 328 g/mol. The van der Waals surface area contributed by atoms with Gasteiger partial charge in [-0.05, 0) is 25.0 Å². The minimum Gasteiger partial charge on any atom is -0.334 e. The number of sulfonamides is 1. The van der Waals surface area contributed by atoms with Gasteiger partial charge < -0.3 is 4.57 Å². The smallest absolute Gasteiger partial charge is 0.280 e. The molecule has 0 aliphatic rings. The van der Waals surface area contributed by atoms with E-state index in [1.807, 2.05) is 17.6 Å². The molecule has 0 unspecified atom stereocenters. The summed E-state index contributed by atoms with van der Waals surface area (Å²) in [6.45, 7) is 4.57. The predicted molar refractivity (Wildman–Crippen MR) is 84.1 cm³/mol. The lowest BCUT2D eigenvalue weighted by molar-refractivity contribution is 0.597. The van der Waals surface area contributed by atoms with Crippen LogP contribution in [-0.2, 0) is 22.4 Å². The maximum atomic E-state index is 12.4. The molecule has 0 bridgehead atoms. The van der Waals surface area contributed by atoms with Gasteiger partial charge in [-0.25, -0.2) is 4.98 Å². The molecule has 1 aromatic heterocycles. The van der Waals surface area contributed by atoms with Gasteiger partial charge in [0.05, 0.1) is 5.69 Å². The molecule has 1 N–H and O–H groups in total. The molecule has 21 heavy (non-hydrogen) atoms. The van der Waals surface area contributed by atoms with Crippen LogP contribution in [0.25, 0.3) is 0 Å². The van der Waals surface area contributed by atoms with Crippen LogP contribution in [0.15, 0.2) is 35.5 Å². The van der Waals surface area contributed by atoms with E-state index in [9.17, 15) is 8.42 Å². The van der Waals surface area contributed by atoms with Crippen molar-refractivity contribution in [1.82, 2.24) is 9.55 Å². The van der Waals surface area contributed by atoms with Crippen molar-refractivity contribution in [3.63, 3.8) is 0 Å². The number of hydrogen-bond donors (Lipinski definition) is 1. The zero-order valence-corrected chi connectivity index (χ0v) is 13.6. The molecule has 1 aromatic carbocycles. The van der Waals surface area contributed by atoms with Crippen LogP contribution in [0.2, 0.25) is 0 Å². The summed E-state index contributed by atoms with van der Waals surface area (Å²) in [6.07, 6.45) is 2.48. The lowest BCUT2D eigenvalue weighted by atomic mass is 10.2. The third-order valence-corrected chi connectivity index (χ3v) is 4.62. The number of aromatic nitrogens is 2. The van der Waals surface area contributed by atoms with Crippen molar-refractivity contribution in [1.29, 1.82) is 0 Å². The highest BCUT2D eigenvalue weighted by Crippen LogP contribution is 2.21. The summed E-state index contributed by atoms with van der Waals surface area (Å²) >= 11 is 5.82. The monoisotopic (exact) mass is 327 g/mol. The molecule has 0 aliphatic carbocycles. The quantitative estimate of drug-likeness (QED) is 0.829. The first kappa shape index (κ1) is 15.9. The molecule has 0 radical (unpaired) electrons. The molecule has 1 heterocycles. The maximum absolute atomic E-state index is 12.4. The van der Waals surface area contributed by atoms with Crippen molar-refractivity contribution in [2.45, 2.75) is 37.7 Å². The van der Waals surface area contributed by atoms with Crippen molar-refractivity contribution in [3.05, 3.63) is 41.9 Å². The van der Waals surface area contributed by atoms with Crippen LogP contribution in [0.1, 0.15) is 24.7 Å². The van der Waals surface area contributed by atoms with E-state index in [0.29, 0.717) is 11.5 Å². The number of para-hydroxylation sites is 1. The summed E-state index contributed by atoms with van der Waals surface area (Å²) in [5, 5.41) is 0.0258. The van der Waals surface area contributed by atoms with Crippen LogP contribution < -0.4 is 4.72 Å². The number of nitrogens with one attached hydrogen (secondary N) is 1. The van der Waals surface area contributed by atoms with Gasteiger partial charge in [0.2, 0.25) is 0 Å². The lowest BCUT2D eigenvalue weighted by Gasteiger charge is -2.09. The van der Waals surface area contributed by atoms with E-state index in [1.54, 1.807) is 31.3 Å². The molecule has 114 valence electrons. The molecule has 2 rings (SSSR count). The van der Waals surface area contributed by atoms with Crippen LogP contribution in [0.3, 0.4) is 0 Å². The summed E-state index contributed by atoms with van der Waals surface area (Å²) in [7, 11) is -3.71. The van der Waals surface area contributed by atoms with E-state index in [1.165, 1.54) is 0 Å². The molecule has 5 nitrogen and oxygen atoms in total. The van der Waals surface area contributed by atoms with Crippen molar-refractivity contribution >= 4 is 27.3 Å². The highest BCUT2D eigenvalue weighted by Gasteiger charge is 2.20. The van der Waals surface area contributed by atoms with Crippen molar-refractivity contribution in [3.8, 4) is 0 Å². The van der Waals surface area contributed by atoms with Crippen molar-refractivity contribution < 1.29 is 8.42 Å². The number of anilines is 1. The number of rotatable bonds is 6. The molecule has 0 spiro atoms. The van der Waals surface area contributed by atoms with Crippen LogP contribution in [0.4, 0.5) is 5.69 Å². The number of benzene rings is 1. The van der Waals surface area contributed by atoms with E-state index < -0.39 is 10.0 Å². The highest BCUT2D eigenvalue weighted by molar-refractivity contribution is 7.92. The second kappa shape index (κ2) is 6.49. The first-order valence-corrected chi connectivity index (χ1v) is 8.70. The van der Waals surface area contributed by atoms with Gasteiger partial charge in [0.1, 0.15) is 5.82 Å². The molecule has 0 fully saturated rings. The predicted octanol–water partition coefficient (Wildman–Crippen LogP) is 3.14. The van der Waals surface area contributed by atoms with Crippen LogP contribution in [-0.4, -0.2) is 18.0 Å². The molecule has 0 amide bonds. The van der Waals surface area contributed by atoms with Crippen LogP contribution in [0.5, 0.6) is 0 Å². The third kappa shape index (κ3) is 3.57. The highest BCUT2D eigenvalue weighted by atomic mass is 35.5. The third-order valence-electron chi connectivity index (χ3n) is 3.10. The van der Waals surface area contributed by atoms with E-state index >= 15 is 0 Å².